The largest absolute Gasteiger partial charge is 0.466 e. The number of anilines is 1. The molecule has 1 aromatic carbocycles. The Morgan fingerprint density at radius 3 is 2.82 bits per heavy atom. The molecule has 0 aliphatic rings. The van der Waals surface area contributed by atoms with Crippen molar-refractivity contribution in [1.82, 2.24) is 0 Å². The van der Waals surface area contributed by atoms with E-state index in [0.29, 0.717) is 19.4 Å². The van der Waals surface area contributed by atoms with Crippen LogP contribution in [0.3, 0.4) is 0 Å². The number of esters is 2. The van der Waals surface area contributed by atoms with E-state index >= 15 is 0 Å². The van der Waals surface area contributed by atoms with Gasteiger partial charge >= 0.3 is 11.9 Å². The minimum atomic E-state index is -0.821. The normalized spacial score (nSPS) is 11.4. The summed E-state index contributed by atoms with van der Waals surface area (Å²) >= 11 is 0. The molecule has 0 aliphatic carbocycles. The first-order valence-electron chi connectivity index (χ1n) is 7.31. The summed E-state index contributed by atoms with van der Waals surface area (Å²) in [5.41, 5.74) is 2.00. The van der Waals surface area contributed by atoms with Gasteiger partial charge in [0.2, 0.25) is 0 Å². The molecule has 5 heteroatoms. The topological polar surface area (TPSA) is 64.6 Å². The van der Waals surface area contributed by atoms with Crippen LogP contribution in [-0.2, 0) is 25.5 Å². The van der Waals surface area contributed by atoms with Crippen LogP contribution < -0.4 is 5.32 Å². The standard InChI is InChI=1S/C17H23NO4/c1-4-11-18-14-8-6-7-13(12-14)9-10-16(19)22-15(5-2)17(20)21-3/h4,6-8,12,15,18H,1,5,9-11H2,2-3H3. The minimum absolute atomic E-state index is 0.221. The van der Waals surface area contributed by atoms with Gasteiger partial charge in [-0.15, -0.1) is 6.58 Å². The predicted octanol–water partition coefficient (Wildman–Crippen LogP) is 2.71. The smallest absolute Gasteiger partial charge is 0.347 e. The third-order valence-corrected chi connectivity index (χ3v) is 3.10. The molecule has 1 N–H and O–H groups in total. The fourth-order valence-corrected chi connectivity index (χ4v) is 1.92. The third-order valence-electron chi connectivity index (χ3n) is 3.10. The fourth-order valence-electron chi connectivity index (χ4n) is 1.92. The van der Waals surface area contributed by atoms with E-state index in [9.17, 15) is 9.59 Å². The zero-order valence-electron chi connectivity index (χ0n) is 13.1. The SMILES string of the molecule is C=CCNc1cccc(CCC(=O)OC(CC)C(=O)OC)c1. The summed E-state index contributed by atoms with van der Waals surface area (Å²) in [6.07, 6.45) is 2.14. The molecule has 1 aromatic rings. The molecule has 1 unspecified atom stereocenters. The summed E-state index contributed by atoms with van der Waals surface area (Å²) in [6.45, 7) is 6.10. The molecule has 1 rings (SSSR count). The van der Waals surface area contributed by atoms with Gasteiger partial charge in [0.25, 0.3) is 0 Å². The van der Waals surface area contributed by atoms with Crippen molar-refractivity contribution in [3.8, 4) is 0 Å². The molecule has 0 saturated heterocycles. The van der Waals surface area contributed by atoms with Crippen molar-refractivity contribution in [3.05, 3.63) is 42.5 Å². The molecule has 0 fully saturated rings. The van der Waals surface area contributed by atoms with Crippen LogP contribution in [0, 0.1) is 0 Å². The molecule has 120 valence electrons. The third kappa shape index (κ3) is 5.99. The molecule has 1 atom stereocenters. The Morgan fingerprint density at radius 1 is 1.41 bits per heavy atom. The van der Waals surface area contributed by atoms with Crippen molar-refractivity contribution in [2.75, 3.05) is 19.0 Å². The van der Waals surface area contributed by atoms with Gasteiger partial charge in [0.15, 0.2) is 6.10 Å². The zero-order chi connectivity index (χ0) is 16.4. The second kappa shape index (κ2) is 9.60. The molecule has 0 amide bonds. The maximum Gasteiger partial charge on any atom is 0.347 e. The number of rotatable bonds is 9. The zero-order valence-corrected chi connectivity index (χ0v) is 13.1. The lowest BCUT2D eigenvalue weighted by atomic mass is 10.1. The molecular weight excluding hydrogens is 282 g/mol. The van der Waals surface area contributed by atoms with Crippen LogP contribution in [-0.4, -0.2) is 31.7 Å². The molecule has 22 heavy (non-hydrogen) atoms. The average molecular weight is 305 g/mol. The number of hydrogen-bond donors (Lipinski definition) is 1. The highest BCUT2D eigenvalue weighted by atomic mass is 16.6. The number of carbonyl (C=O) groups excluding carboxylic acids is 2. The van der Waals surface area contributed by atoms with Gasteiger partial charge in [0, 0.05) is 18.7 Å². The van der Waals surface area contributed by atoms with Gasteiger partial charge in [-0.25, -0.2) is 4.79 Å². The molecule has 0 aromatic heterocycles. The highest BCUT2D eigenvalue weighted by Gasteiger charge is 2.21. The molecule has 0 radical (unpaired) electrons. The number of hydrogen-bond acceptors (Lipinski definition) is 5. The van der Waals surface area contributed by atoms with E-state index in [1.807, 2.05) is 24.3 Å². The maximum atomic E-state index is 11.8. The van der Waals surface area contributed by atoms with Crippen molar-refractivity contribution in [1.29, 1.82) is 0 Å². The predicted molar refractivity (Wildman–Crippen MR) is 85.6 cm³/mol. The highest BCUT2D eigenvalue weighted by Crippen LogP contribution is 2.13. The van der Waals surface area contributed by atoms with Crippen LogP contribution in [0.1, 0.15) is 25.3 Å². The van der Waals surface area contributed by atoms with E-state index in [1.54, 1.807) is 13.0 Å². The Kier molecular flexibility index (Phi) is 7.75. The van der Waals surface area contributed by atoms with Crippen LogP contribution in [0.2, 0.25) is 0 Å². The molecule has 5 nitrogen and oxygen atoms in total. The quantitative estimate of drug-likeness (QED) is 0.561. The summed E-state index contributed by atoms with van der Waals surface area (Å²) in [7, 11) is 1.28. The monoisotopic (exact) mass is 305 g/mol. The molecule has 0 aliphatic heterocycles. The maximum absolute atomic E-state index is 11.8. The summed E-state index contributed by atoms with van der Waals surface area (Å²) in [6, 6.07) is 7.81. The molecule has 0 bridgehead atoms. The summed E-state index contributed by atoms with van der Waals surface area (Å²) in [5, 5.41) is 3.19. The van der Waals surface area contributed by atoms with Gasteiger partial charge in [-0.2, -0.15) is 0 Å². The van der Waals surface area contributed by atoms with Crippen molar-refractivity contribution in [2.45, 2.75) is 32.3 Å². The average Bonchev–Trinajstić information content (AvgIpc) is 2.55. The number of benzene rings is 1. The van der Waals surface area contributed by atoms with Gasteiger partial charge in [-0.1, -0.05) is 25.1 Å². The summed E-state index contributed by atoms with van der Waals surface area (Å²) in [5.74, 6) is -0.923. The second-order valence-electron chi connectivity index (χ2n) is 4.78. The van der Waals surface area contributed by atoms with Gasteiger partial charge in [0.1, 0.15) is 0 Å². The van der Waals surface area contributed by atoms with Gasteiger partial charge in [0.05, 0.1) is 7.11 Å². The van der Waals surface area contributed by atoms with Gasteiger partial charge in [-0.05, 0) is 30.5 Å². The molecule has 0 saturated carbocycles. The first-order chi connectivity index (χ1) is 10.6. The van der Waals surface area contributed by atoms with E-state index in [4.69, 9.17) is 4.74 Å². The first-order valence-corrected chi connectivity index (χ1v) is 7.31. The van der Waals surface area contributed by atoms with Crippen LogP contribution in [0.25, 0.3) is 0 Å². The number of ether oxygens (including phenoxy) is 2. The lowest BCUT2D eigenvalue weighted by Gasteiger charge is -2.13. The van der Waals surface area contributed by atoms with E-state index in [2.05, 4.69) is 16.6 Å². The van der Waals surface area contributed by atoms with Crippen molar-refractivity contribution in [2.24, 2.45) is 0 Å². The highest BCUT2D eigenvalue weighted by molar-refractivity contribution is 5.79. The number of carbonyl (C=O) groups is 2. The van der Waals surface area contributed by atoms with Gasteiger partial charge in [-0.3, -0.25) is 4.79 Å². The summed E-state index contributed by atoms with van der Waals surface area (Å²) < 4.78 is 9.71. The van der Waals surface area contributed by atoms with Crippen molar-refractivity contribution >= 4 is 17.6 Å². The Bertz CT molecular complexity index is 513. The van der Waals surface area contributed by atoms with Crippen molar-refractivity contribution < 1.29 is 19.1 Å². The molecule has 0 spiro atoms. The minimum Gasteiger partial charge on any atom is -0.466 e. The number of methoxy groups -OCH3 is 1. The lowest BCUT2D eigenvalue weighted by molar-refractivity contribution is -0.166. The Labute approximate surface area is 131 Å². The Balaban J connectivity index is 2.49. The number of nitrogens with one attached hydrogen (secondary N) is 1. The fraction of sp³-hybridized carbons (Fsp3) is 0.412. The van der Waals surface area contributed by atoms with E-state index in [0.717, 1.165) is 11.3 Å². The molecular formula is C17H23NO4. The van der Waals surface area contributed by atoms with Crippen LogP contribution in [0.4, 0.5) is 5.69 Å². The Morgan fingerprint density at radius 2 is 2.18 bits per heavy atom. The van der Waals surface area contributed by atoms with E-state index < -0.39 is 18.0 Å². The molecule has 0 heterocycles. The lowest BCUT2D eigenvalue weighted by Crippen LogP contribution is -2.27. The van der Waals surface area contributed by atoms with E-state index in [-0.39, 0.29) is 6.42 Å². The Hall–Kier alpha value is -2.30. The van der Waals surface area contributed by atoms with Crippen molar-refractivity contribution in [3.63, 3.8) is 0 Å². The van der Waals surface area contributed by atoms with Crippen LogP contribution in [0.15, 0.2) is 36.9 Å². The van der Waals surface area contributed by atoms with Crippen LogP contribution >= 0.6 is 0 Å². The second-order valence-corrected chi connectivity index (χ2v) is 4.78. The first kappa shape index (κ1) is 17.8. The summed E-state index contributed by atoms with van der Waals surface area (Å²) in [4.78, 5) is 23.2. The van der Waals surface area contributed by atoms with E-state index in [1.165, 1.54) is 7.11 Å². The number of aryl methyl sites for hydroxylation is 1. The van der Waals surface area contributed by atoms with Crippen LogP contribution in [0.5, 0.6) is 0 Å². The van der Waals surface area contributed by atoms with Gasteiger partial charge < -0.3 is 14.8 Å².